The van der Waals surface area contributed by atoms with E-state index in [2.05, 4.69) is 29.5 Å². The zero-order chi connectivity index (χ0) is 13.5. The molecule has 0 rings (SSSR count). The van der Waals surface area contributed by atoms with Crippen molar-refractivity contribution in [3.05, 3.63) is 0 Å². The first-order valence-electron chi connectivity index (χ1n) is 5.21. The van der Waals surface area contributed by atoms with Gasteiger partial charge in [0.1, 0.15) is 0 Å². The Labute approximate surface area is 137 Å². The van der Waals surface area contributed by atoms with Crippen LogP contribution in [0.4, 0.5) is 0 Å². The zero-order valence-electron chi connectivity index (χ0n) is 10.1. The van der Waals surface area contributed by atoms with Crippen molar-refractivity contribution in [2.24, 2.45) is 0 Å². The van der Waals surface area contributed by atoms with Gasteiger partial charge in [0, 0.05) is 9.68 Å². The molecule has 0 aromatic carbocycles. The van der Waals surface area contributed by atoms with Crippen LogP contribution in [0.1, 0.15) is 20.8 Å². The van der Waals surface area contributed by atoms with Gasteiger partial charge in [-0.15, -0.1) is 23.2 Å². The largest absolute Gasteiger partial charge is 0.320 e. The zero-order valence-corrected chi connectivity index (χ0v) is 16.3. The Bertz CT molecular complexity index is 217. The van der Waals surface area contributed by atoms with Crippen molar-refractivity contribution >= 4 is 74.7 Å². The highest BCUT2D eigenvalue weighted by Gasteiger charge is 2.22. The highest BCUT2D eigenvalue weighted by atomic mass is 127. The first-order valence-corrected chi connectivity index (χ1v) is 11.6. The quantitative estimate of drug-likeness (QED) is 0.277. The molecule has 0 radical (unpaired) electrons. The lowest BCUT2D eigenvalue weighted by atomic mass is 10.5. The maximum absolute atomic E-state index is 5.86. The molecule has 3 unspecified atom stereocenters. The third-order valence-electron chi connectivity index (χ3n) is 1.39. The monoisotopic (exact) mass is 450 g/mol. The van der Waals surface area contributed by atoms with Crippen molar-refractivity contribution in [3.63, 3.8) is 0 Å². The van der Waals surface area contributed by atoms with Crippen LogP contribution in [0.2, 0.25) is 0 Å². The van der Waals surface area contributed by atoms with Crippen LogP contribution in [0, 0.1) is 0 Å². The molecule has 0 amide bonds. The van der Waals surface area contributed by atoms with Crippen molar-refractivity contribution in [3.8, 4) is 0 Å². The van der Waals surface area contributed by atoms with Gasteiger partial charge in [0.2, 0.25) is 5.69 Å². The van der Waals surface area contributed by atoms with E-state index in [4.69, 9.17) is 44.1 Å². The lowest BCUT2D eigenvalue weighted by Crippen LogP contribution is -2.08. The van der Waals surface area contributed by atoms with Crippen molar-refractivity contribution in [1.82, 2.24) is 0 Å². The van der Waals surface area contributed by atoms with Gasteiger partial charge in [-0.3, -0.25) is 0 Å². The highest BCUT2D eigenvalue weighted by Crippen LogP contribution is 2.61. The first-order chi connectivity index (χ1) is 7.75. The van der Waals surface area contributed by atoms with Crippen LogP contribution in [0.25, 0.3) is 0 Å². The number of halogens is 3. The third kappa shape index (κ3) is 11.7. The summed E-state index contributed by atoms with van der Waals surface area (Å²) in [6.45, 7) is 6.70. The Morgan fingerprint density at radius 1 is 1.18 bits per heavy atom. The van der Waals surface area contributed by atoms with Gasteiger partial charge in [-0.05, 0) is 25.7 Å². The molecule has 0 fully saturated rings. The SMILES string of the molecule is CC(Cl)COP(=S)(OCC(C)Cl)SCC(C)I. The smallest absolute Gasteiger partial charge is 0.247 e. The normalized spacial score (nSPS) is 20.6. The Hall–Kier alpha value is 2.23. The number of rotatable bonds is 9. The van der Waals surface area contributed by atoms with Gasteiger partial charge in [-0.1, -0.05) is 40.9 Å². The van der Waals surface area contributed by atoms with E-state index < -0.39 is 5.69 Å². The fourth-order valence-electron chi connectivity index (χ4n) is 0.694. The molecule has 0 bridgehead atoms. The first kappa shape index (κ1) is 19.2. The van der Waals surface area contributed by atoms with Crippen molar-refractivity contribution in [2.45, 2.75) is 35.5 Å². The maximum atomic E-state index is 5.86. The van der Waals surface area contributed by atoms with Gasteiger partial charge in [-0.2, -0.15) is 0 Å². The van der Waals surface area contributed by atoms with Crippen LogP contribution in [0.5, 0.6) is 0 Å². The minimum Gasteiger partial charge on any atom is -0.320 e. The predicted molar refractivity (Wildman–Crippen MR) is 92.8 cm³/mol. The molecular weight excluding hydrogens is 433 g/mol. The fourth-order valence-corrected chi connectivity index (χ4v) is 6.76. The second kappa shape index (κ2) is 10.0. The highest BCUT2D eigenvalue weighted by molar-refractivity contribution is 14.1. The summed E-state index contributed by atoms with van der Waals surface area (Å²) in [6, 6.07) is 0. The molecule has 17 heavy (non-hydrogen) atoms. The minimum atomic E-state index is -2.30. The van der Waals surface area contributed by atoms with E-state index in [0.717, 1.165) is 5.75 Å². The number of hydrogen-bond acceptors (Lipinski definition) is 4. The summed E-state index contributed by atoms with van der Waals surface area (Å²) < 4.78 is 11.9. The summed E-state index contributed by atoms with van der Waals surface area (Å²) in [5.41, 5.74) is -2.30. The van der Waals surface area contributed by atoms with E-state index in [1.807, 2.05) is 13.8 Å². The summed E-state index contributed by atoms with van der Waals surface area (Å²) in [7, 11) is 0. The second-order valence-corrected chi connectivity index (χ2v) is 13.6. The van der Waals surface area contributed by atoms with E-state index in [1.54, 1.807) is 11.4 Å². The van der Waals surface area contributed by atoms with Gasteiger partial charge in [0.25, 0.3) is 0 Å². The molecule has 0 saturated carbocycles. The molecule has 0 aliphatic rings. The Kier molecular flexibility index (Phi) is 11.3. The van der Waals surface area contributed by atoms with Crippen LogP contribution in [0.3, 0.4) is 0 Å². The number of alkyl halides is 3. The average Bonchev–Trinajstić information content (AvgIpc) is 2.21. The molecule has 0 spiro atoms. The fraction of sp³-hybridized carbons (Fsp3) is 1.00. The molecule has 3 atom stereocenters. The lowest BCUT2D eigenvalue weighted by molar-refractivity contribution is 0.262. The summed E-state index contributed by atoms with van der Waals surface area (Å²) in [6.07, 6.45) is 0. The van der Waals surface area contributed by atoms with Gasteiger partial charge in [0.05, 0.1) is 24.0 Å². The van der Waals surface area contributed by atoms with E-state index in [0.29, 0.717) is 17.1 Å². The van der Waals surface area contributed by atoms with Crippen molar-refractivity contribution in [2.75, 3.05) is 19.0 Å². The number of hydrogen-bond donors (Lipinski definition) is 0. The van der Waals surface area contributed by atoms with Crippen LogP contribution in [-0.2, 0) is 20.9 Å². The molecule has 104 valence electrons. The maximum Gasteiger partial charge on any atom is 0.247 e. The summed E-state index contributed by atoms with van der Waals surface area (Å²) in [5, 5.41) is -0.126. The molecule has 0 N–H and O–H groups in total. The van der Waals surface area contributed by atoms with Crippen LogP contribution in [-0.4, -0.2) is 33.6 Å². The predicted octanol–water partition coefficient (Wildman–Crippen LogP) is 5.06. The molecular formula is C9H18Cl2IO2PS2. The Morgan fingerprint density at radius 2 is 1.59 bits per heavy atom. The summed E-state index contributed by atoms with van der Waals surface area (Å²) in [5.74, 6) is 0.908. The third-order valence-corrected chi connectivity index (χ3v) is 8.18. The van der Waals surface area contributed by atoms with E-state index in [9.17, 15) is 0 Å². The van der Waals surface area contributed by atoms with Gasteiger partial charge in [-0.25, -0.2) is 0 Å². The second-order valence-electron chi connectivity index (χ2n) is 3.68. The molecule has 0 aromatic heterocycles. The van der Waals surface area contributed by atoms with E-state index >= 15 is 0 Å². The van der Waals surface area contributed by atoms with Gasteiger partial charge < -0.3 is 9.05 Å². The van der Waals surface area contributed by atoms with E-state index in [-0.39, 0.29) is 10.8 Å². The van der Waals surface area contributed by atoms with Crippen LogP contribution in [0.15, 0.2) is 0 Å². The van der Waals surface area contributed by atoms with Crippen molar-refractivity contribution in [1.29, 1.82) is 0 Å². The Balaban J connectivity index is 4.29. The Morgan fingerprint density at radius 3 is 1.88 bits per heavy atom. The minimum absolute atomic E-state index is 0.0630. The molecule has 8 heteroatoms. The molecule has 0 aliphatic carbocycles. The van der Waals surface area contributed by atoms with Gasteiger partial charge in [0.15, 0.2) is 0 Å². The molecule has 0 aromatic rings. The molecule has 0 saturated heterocycles. The summed E-state index contributed by atoms with van der Waals surface area (Å²) in [4.78, 5) is 0. The lowest BCUT2D eigenvalue weighted by Gasteiger charge is -2.23. The standard InChI is InChI=1S/C9H18Cl2IO2PS2/c1-7(10)4-13-15(16,14-5-8(2)11)17-6-9(3)12/h7-9H,4-6H2,1-3H3. The molecule has 0 heterocycles. The van der Waals surface area contributed by atoms with Crippen molar-refractivity contribution < 1.29 is 9.05 Å². The van der Waals surface area contributed by atoms with Crippen LogP contribution >= 0.6 is 62.9 Å². The molecule has 0 aliphatic heterocycles. The summed E-state index contributed by atoms with van der Waals surface area (Å²) >= 11 is 21.1. The molecule has 2 nitrogen and oxygen atoms in total. The van der Waals surface area contributed by atoms with Gasteiger partial charge >= 0.3 is 0 Å². The topological polar surface area (TPSA) is 18.5 Å². The van der Waals surface area contributed by atoms with E-state index in [1.165, 1.54) is 0 Å². The van der Waals surface area contributed by atoms with Crippen LogP contribution < -0.4 is 0 Å². The average molecular weight is 451 g/mol.